The number of aryl methyl sites for hydroxylation is 1. The van der Waals surface area contributed by atoms with E-state index in [0.29, 0.717) is 16.3 Å². The number of aromatic amines is 1. The molecule has 7 nitrogen and oxygen atoms in total. The first-order chi connectivity index (χ1) is 8.58. The van der Waals surface area contributed by atoms with Crippen LogP contribution in [0, 0.1) is 0 Å². The van der Waals surface area contributed by atoms with Crippen LogP contribution in [0.2, 0.25) is 0 Å². The van der Waals surface area contributed by atoms with Gasteiger partial charge in [0.05, 0.1) is 12.7 Å². The molecule has 0 aromatic carbocycles. The van der Waals surface area contributed by atoms with Gasteiger partial charge in [0, 0.05) is 19.8 Å². The first-order valence-electron chi connectivity index (χ1n) is 5.48. The molecule has 1 aliphatic heterocycles. The lowest BCUT2D eigenvalue weighted by molar-refractivity contribution is 0.426. The molecule has 2 aromatic rings. The molecule has 1 saturated heterocycles. The normalized spacial score (nSPS) is 18.4. The highest BCUT2D eigenvalue weighted by Gasteiger charge is 2.23. The first-order valence-corrected chi connectivity index (χ1v) is 6.46. The van der Waals surface area contributed by atoms with Crippen LogP contribution in [0.5, 0.6) is 0 Å². The Bertz CT molecular complexity index is 725. The number of rotatable bonds is 3. The van der Waals surface area contributed by atoms with Crippen molar-refractivity contribution in [1.82, 2.24) is 19.1 Å². The third-order valence-corrected chi connectivity index (χ3v) is 3.89. The minimum atomic E-state index is -0.374. The maximum Gasteiger partial charge on any atom is 0.332 e. The first kappa shape index (κ1) is 11.5. The highest BCUT2D eigenvalue weighted by molar-refractivity contribution is 7.99. The third kappa shape index (κ3) is 1.77. The van der Waals surface area contributed by atoms with Crippen LogP contribution in [0.25, 0.3) is 11.2 Å². The highest BCUT2D eigenvalue weighted by Crippen LogP contribution is 2.22. The van der Waals surface area contributed by atoms with Crippen LogP contribution in [0.1, 0.15) is 0 Å². The van der Waals surface area contributed by atoms with E-state index in [1.165, 1.54) is 23.4 Å². The van der Waals surface area contributed by atoms with Crippen LogP contribution >= 0.6 is 11.8 Å². The minimum absolute atomic E-state index is 0.287. The van der Waals surface area contributed by atoms with Crippen molar-refractivity contribution in [3.63, 3.8) is 0 Å². The molecule has 0 radical (unpaired) electrons. The lowest BCUT2D eigenvalue weighted by Crippen LogP contribution is -2.36. The smallest absolute Gasteiger partial charge is 0.332 e. The molecule has 3 rings (SSSR count). The summed E-state index contributed by atoms with van der Waals surface area (Å²) in [7, 11) is 3.05. The van der Waals surface area contributed by atoms with Crippen LogP contribution < -0.4 is 11.2 Å². The van der Waals surface area contributed by atoms with E-state index in [1.807, 2.05) is 0 Å². The van der Waals surface area contributed by atoms with E-state index >= 15 is 0 Å². The second-order valence-electron chi connectivity index (χ2n) is 4.21. The monoisotopic (exact) mass is 268 g/mol. The van der Waals surface area contributed by atoms with Gasteiger partial charge in [0.1, 0.15) is 0 Å². The van der Waals surface area contributed by atoms with Gasteiger partial charge in [-0.25, -0.2) is 9.78 Å². The molecule has 3 heterocycles. The lowest BCUT2D eigenvalue weighted by Gasteiger charge is -2.00. The van der Waals surface area contributed by atoms with Gasteiger partial charge in [-0.2, -0.15) is 0 Å². The van der Waals surface area contributed by atoms with Gasteiger partial charge in [-0.05, 0) is 0 Å². The van der Waals surface area contributed by atoms with Gasteiger partial charge >= 0.3 is 5.69 Å². The Morgan fingerprint density at radius 2 is 2.17 bits per heavy atom. The number of fused-ring (bicyclic) bond motifs is 1. The Hall–Kier alpha value is -1.54. The predicted molar refractivity (Wildman–Crippen MR) is 67.0 cm³/mol. The summed E-state index contributed by atoms with van der Waals surface area (Å²) in [6, 6.07) is 0. The summed E-state index contributed by atoms with van der Waals surface area (Å²) >= 11 is 1.49. The molecule has 96 valence electrons. The second-order valence-corrected chi connectivity index (χ2v) is 5.22. The molecule has 8 heteroatoms. The molecule has 1 fully saturated rings. The fourth-order valence-electron chi connectivity index (χ4n) is 1.71. The fourth-order valence-corrected chi connectivity index (χ4v) is 2.57. The molecular weight excluding hydrogens is 256 g/mol. The quantitative estimate of drug-likeness (QED) is 0.596. The van der Waals surface area contributed by atoms with Crippen LogP contribution in [-0.2, 0) is 18.8 Å². The maximum absolute atomic E-state index is 11.9. The number of nitrogens with one attached hydrogen (secondary N) is 1. The van der Waals surface area contributed by atoms with Crippen LogP contribution in [0.3, 0.4) is 0 Å². The molecule has 1 aliphatic rings. The minimum Gasteiger partial charge on any atom is -0.372 e. The van der Waals surface area contributed by atoms with Crippen molar-refractivity contribution < 1.29 is 4.74 Å². The fraction of sp³-hybridized carbons (Fsp3) is 0.500. The van der Waals surface area contributed by atoms with Gasteiger partial charge in [0.15, 0.2) is 16.3 Å². The van der Waals surface area contributed by atoms with E-state index in [4.69, 9.17) is 4.74 Å². The maximum atomic E-state index is 11.9. The largest absolute Gasteiger partial charge is 0.372 e. The van der Waals surface area contributed by atoms with Crippen molar-refractivity contribution in [3.8, 4) is 0 Å². The van der Waals surface area contributed by atoms with E-state index in [2.05, 4.69) is 9.97 Å². The summed E-state index contributed by atoms with van der Waals surface area (Å²) in [5.41, 5.74) is 0.0253. The van der Waals surface area contributed by atoms with Gasteiger partial charge in [-0.1, -0.05) is 11.8 Å². The molecule has 0 aliphatic carbocycles. The van der Waals surface area contributed by atoms with Crippen molar-refractivity contribution >= 4 is 22.9 Å². The molecule has 2 aromatic heterocycles. The lowest BCUT2D eigenvalue weighted by atomic mass is 10.5. The number of epoxide rings is 1. The van der Waals surface area contributed by atoms with Crippen molar-refractivity contribution in [2.45, 2.75) is 11.3 Å². The highest BCUT2D eigenvalue weighted by atomic mass is 32.2. The number of thioether (sulfide) groups is 1. The third-order valence-electron chi connectivity index (χ3n) is 2.88. The van der Waals surface area contributed by atoms with Crippen LogP contribution in [0.4, 0.5) is 0 Å². The average Bonchev–Trinajstić information content (AvgIpc) is 3.10. The number of ether oxygens (including phenoxy) is 1. The van der Waals surface area contributed by atoms with Gasteiger partial charge in [-0.15, -0.1) is 0 Å². The standard InChI is InChI=1S/C10H12N4O3S/c1-13-7-6(8(15)14(2)10(13)16)11-9(12-7)18-4-5-3-17-5/h5H,3-4H2,1-2H3,(H,11,12). The summed E-state index contributed by atoms with van der Waals surface area (Å²) in [6.07, 6.45) is 0.287. The molecule has 1 N–H and O–H groups in total. The van der Waals surface area contributed by atoms with E-state index < -0.39 is 0 Å². The molecule has 0 amide bonds. The molecule has 0 bridgehead atoms. The number of imidazole rings is 1. The Balaban J connectivity index is 2.10. The summed E-state index contributed by atoms with van der Waals surface area (Å²) < 4.78 is 7.54. The van der Waals surface area contributed by atoms with E-state index in [1.54, 1.807) is 7.05 Å². The van der Waals surface area contributed by atoms with Gasteiger partial charge in [0.2, 0.25) is 0 Å². The molecular formula is C10H12N4O3S. The van der Waals surface area contributed by atoms with Gasteiger partial charge in [0.25, 0.3) is 5.56 Å². The summed E-state index contributed by atoms with van der Waals surface area (Å²) in [4.78, 5) is 30.9. The molecule has 1 unspecified atom stereocenters. The zero-order chi connectivity index (χ0) is 12.9. The predicted octanol–water partition coefficient (Wildman–Crippen LogP) is -0.549. The molecule has 0 spiro atoms. The average molecular weight is 268 g/mol. The molecule has 1 atom stereocenters. The van der Waals surface area contributed by atoms with E-state index in [0.717, 1.165) is 16.9 Å². The van der Waals surface area contributed by atoms with Crippen LogP contribution in [0.15, 0.2) is 14.7 Å². The zero-order valence-corrected chi connectivity index (χ0v) is 10.8. The number of aromatic nitrogens is 4. The van der Waals surface area contributed by atoms with Gasteiger partial charge in [-0.3, -0.25) is 13.9 Å². The number of hydrogen-bond acceptors (Lipinski definition) is 5. The van der Waals surface area contributed by atoms with Gasteiger partial charge < -0.3 is 9.72 Å². The molecule has 18 heavy (non-hydrogen) atoms. The second kappa shape index (κ2) is 3.99. The number of nitrogens with zero attached hydrogens (tertiary/aromatic N) is 3. The van der Waals surface area contributed by atoms with Crippen molar-refractivity contribution in [3.05, 3.63) is 20.8 Å². The molecule has 0 saturated carbocycles. The Labute approximate surface area is 106 Å². The summed E-state index contributed by atoms with van der Waals surface area (Å²) in [6.45, 7) is 0.785. The van der Waals surface area contributed by atoms with E-state index in [-0.39, 0.29) is 17.4 Å². The topological polar surface area (TPSA) is 85.2 Å². The zero-order valence-electron chi connectivity index (χ0n) is 9.97. The van der Waals surface area contributed by atoms with E-state index in [9.17, 15) is 9.59 Å². The summed E-state index contributed by atoms with van der Waals surface area (Å²) in [5.74, 6) is 0.800. The van der Waals surface area contributed by atoms with Crippen molar-refractivity contribution in [2.75, 3.05) is 12.4 Å². The SMILES string of the molecule is Cn1c(=O)c2[nH]c(SCC3CO3)nc2n(C)c1=O. The Morgan fingerprint density at radius 1 is 1.44 bits per heavy atom. The Morgan fingerprint density at radius 3 is 2.83 bits per heavy atom. The number of H-pyrrole nitrogens is 1. The summed E-state index contributed by atoms with van der Waals surface area (Å²) in [5, 5.41) is 0.638. The van der Waals surface area contributed by atoms with Crippen molar-refractivity contribution in [2.24, 2.45) is 14.1 Å². The van der Waals surface area contributed by atoms with Crippen LogP contribution in [-0.4, -0.2) is 37.6 Å². The van der Waals surface area contributed by atoms with Crippen molar-refractivity contribution in [1.29, 1.82) is 0 Å². The number of hydrogen-bond donors (Lipinski definition) is 1. The Kier molecular flexibility index (Phi) is 2.56.